The van der Waals surface area contributed by atoms with Gasteiger partial charge < -0.3 is 22.3 Å². The van der Waals surface area contributed by atoms with E-state index in [0.29, 0.717) is 10.7 Å². The van der Waals surface area contributed by atoms with E-state index < -0.39 is 5.97 Å². The lowest BCUT2D eigenvalue weighted by molar-refractivity contribution is -0.134. The van der Waals surface area contributed by atoms with Crippen molar-refractivity contribution in [2.45, 2.75) is 6.92 Å². The fraction of sp³-hybridized carbons (Fsp3) is 0.100. The molecule has 0 saturated heterocycles. The summed E-state index contributed by atoms with van der Waals surface area (Å²) in [5, 5.41) is 8.05. The number of rotatable bonds is 1. The van der Waals surface area contributed by atoms with E-state index in [4.69, 9.17) is 38.7 Å². The maximum Gasteiger partial charge on any atom is 0.300 e. The highest BCUT2D eigenvalue weighted by atomic mass is 35.5. The van der Waals surface area contributed by atoms with E-state index in [1.807, 2.05) is 0 Å². The molecule has 0 aliphatic carbocycles. The number of carboxylic acid groups (broad SMARTS) is 1. The van der Waals surface area contributed by atoms with Crippen molar-refractivity contribution in [3.05, 3.63) is 29.3 Å². The minimum Gasteiger partial charge on any atom is -0.481 e. The van der Waals surface area contributed by atoms with Crippen LogP contribution >= 0.6 is 11.6 Å². The summed E-state index contributed by atoms with van der Waals surface area (Å²) in [6.45, 7) is 1.08. The van der Waals surface area contributed by atoms with E-state index in [2.05, 4.69) is 9.98 Å². The number of carbonyl (C=O) groups is 1. The van der Waals surface area contributed by atoms with E-state index in [0.717, 1.165) is 6.92 Å². The number of guanidine groups is 2. The molecule has 1 aromatic carbocycles. The highest BCUT2D eigenvalue weighted by molar-refractivity contribution is 6.30. The minimum absolute atomic E-state index is 0.00678. The van der Waals surface area contributed by atoms with E-state index in [1.165, 1.54) is 0 Å². The van der Waals surface area contributed by atoms with Crippen molar-refractivity contribution in [1.29, 1.82) is 0 Å². The van der Waals surface area contributed by atoms with Crippen LogP contribution in [-0.2, 0) is 4.79 Å². The molecule has 8 heteroatoms. The summed E-state index contributed by atoms with van der Waals surface area (Å²) in [6, 6.07) is 6.81. The molecule has 0 spiro atoms. The Balaban J connectivity index is 0.000000631. The third kappa shape index (κ3) is 8.98. The highest BCUT2D eigenvalue weighted by Crippen LogP contribution is 2.15. The fourth-order valence-electron chi connectivity index (χ4n) is 0.805. The second-order valence-electron chi connectivity index (χ2n) is 3.00. The number of aliphatic imine (C=N–C) groups is 2. The predicted molar refractivity (Wildman–Crippen MR) is 71.9 cm³/mol. The summed E-state index contributed by atoms with van der Waals surface area (Å²) in [7, 11) is 0. The zero-order valence-electron chi connectivity index (χ0n) is 9.67. The number of benzene rings is 1. The number of halogens is 1. The molecular formula is C10H14ClN5O2. The smallest absolute Gasteiger partial charge is 0.300 e. The van der Waals surface area contributed by atoms with Crippen LogP contribution in [0, 0.1) is 0 Å². The molecule has 0 saturated carbocycles. The molecule has 0 radical (unpaired) electrons. The largest absolute Gasteiger partial charge is 0.481 e. The molecule has 1 rings (SSSR count). The molecule has 1 aromatic rings. The third-order valence-corrected chi connectivity index (χ3v) is 1.57. The fourth-order valence-corrected chi connectivity index (χ4v) is 0.931. The second-order valence-corrected chi connectivity index (χ2v) is 3.44. The minimum atomic E-state index is -0.833. The second kappa shape index (κ2) is 7.91. The van der Waals surface area contributed by atoms with Crippen LogP contribution in [0.2, 0.25) is 5.02 Å². The van der Waals surface area contributed by atoms with E-state index in [-0.39, 0.29) is 11.9 Å². The number of carboxylic acids is 1. The molecule has 0 atom stereocenters. The van der Waals surface area contributed by atoms with Crippen LogP contribution in [0.3, 0.4) is 0 Å². The number of nitrogens with zero attached hydrogens (tertiary/aromatic N) is 2. The molecule has 0 aliphatic rings. The topological polar surface area (TPSA) is 140 Å². The lowest BCUT2D eigenvalue weighted by Crippen LogP contribution is -2.26. The molecule has 0 aromatic heterocycles. The van der Waals surface area contributed by atoms with Gasteiger partial charge in [0.15, 0.2) is 5.96 Å². The van der Waals surface area contributed by atoms with Gasteiger partial charge in [-0.15, -0.1) is 0 Å². The normalized spacial score (nSPS) is 10.0. The van der Waals surface area contributed by atoms with Crippen molar-refractivity contribution in [1.82, 2.24) is 0 Å². The Kier molecular flexibility index (Phi) is 6.91. The first-order chi connectivity index (χ1) is 8.31. The van der Waals surface area contributed by atoms with Crippen LogP contribution in [0.1, 0.15) is 6.92 Å². The van der Waals surface area contributed by atoms with E-state index in [9.17, 15) is 0 Å². The molecule has 0 fully saturated rings. The average molecular weight is 272 g/mol. The summed E-state index contributed by atoms with van der Waals surface area (Å²) >= 11 is 5.69. The first-order valence-corrected chi connectivity index (χ1v) is 5.08. The Morgan fingerprint density at radius 3 is 2.06 bits per heavy atom. The van der Waals surface area contributed by atoms with Gasteiger partial charge in [-0.1, -0.05) is 11.6 Å². The summed E-state index contributed by atoms with van der Waals surface area (Å²) in [6.07, 6.45) is 0. The van der Waals surface area contributed by atoms with Crippen molar-refractivity contribution >= 4 is 35.2 Å². The first-order valence-electron chi connectivity index (χ1n) is 4.70. The van der Waals surface area contributed by atoms with Gasteiger partial charge in [0.1, 0.15) is 0 Å². The van der Waals surface area contributed by atoms with Gasteiger partial charge in [0.2, 0.25) is 5.96 Å². The third-order valence-electron chi connectivity index (χ3n) is 1.31. The zero-order chi connectivity index (χ0) is 14.1. The quantitative estimate of drug-likeness (QED) is 0.438. The van der Waals surface area contributed by atoms with Crippen LogP contribution in [0.15, 0.2) is 34.3 Å². The molecular weight excluding hydrogens is 258 g/mol. The van der Waals surface area contributed by atoms with Gasteiger partial charge in [-0.2, -0.15) is 4.99 Å². The highest BCUT2D eigenvalue weighted by Gasteiger charge is 1.92. The Morgan fingerprint density at radius 2 is 1.67 bits per heavy atom. The molecule has 7 N–H and O–H groups in total. The molecule has 0 amide bonds. The van der Waals surface area contributed by atoms with E-state index >= 15 is 0 Å². The molecule has 18 heavy (non-hydrogen) atoms. The first kappa shape index (κ1) is 15.7. The molecule has 0 bridgehead atoms. The van der Waals surface area contributed by atoms with Gasteiger partial charge >= 0.3 is 0 Å². The van der Waals surface area contributed by atoms with Gasteiger partial charge in [-0.3, -0.25) is 4.79 Å². The van der Waals surface area contributed by atoms with Crippen molar-refractivity contribution in [3.8, 4) is 0 Å². The standard InChI is InChI=1S/C8H10ClN5.C2H4O2/c9-5-1-3-6(4-2-5)13-8(12)14-7(10)11;1-2(3)4/h1-4H,(H6,10,11,12,13,14);1H3,(H,3,4). The summed E-state index contributed by atoms with van der Waals surface area (Å²) in [4.78, 5) is 16.5. The number of nitrogens with two attached hydrogens (primary N) is 3. The Bertz CT molecular complexity index is 448. The molecule has 7 nitrogen and oxygen atoms in total. The summed E-state index contributed by atoms with van der Waals surface area (Å²) < 4.78 is 0. The van der Waals surface area contributed by atoms with Crippen LogP contribution in [-0.4, -0.2) is 23.0 Å². The van der Waals surface area contributed by atoms with Gasteiger partial charge in [-0.05, 0) is 24.3 Å². The Morgan fingerprint density at radius 1 is 1.22 bits per heavy atom. The number of hydrogen-bond donors (Lipinski definition) is 4. The molecule has 0 heterocycles. The lowest BCUT2D eigenvalue weighted by atomic mass is 10.3. The van der Waals surface area contributed by atoms with Gasteiger partial charge in [0.25, 0.3) is 5.97 Å². The van der Waals surface area contributed by atoms with Crippen molar-refractivity contribution < 1.29 is 9.90 Å². The Hall–Kier alpha value is -2.28. The maximum atomic E-state index is 9.00. The number of aliphatic carboxylic acids is 1. The van der Waals surface area contributed by atoms with Crippen molar-refractivity contribution in [2.75, 3.05) is 0 Å². The van der Waals surface area contributed by atoms with Crippen LogP contribution in [0.4, 0.5) is 5.69 Å². The van der Waals surface area contributed by atoms with Crippen LogP contribution < -0.4 is 17.2 Å². The summed E-state index contributed by atoms with van der Waals surface area (Å²) in [5.41, 5.74) is 16.3. The molecule has 98 valence electrons. The van der Waals surface area contributed by atoms with Gasteiger partial charge in [-0.25, -0.2) is 4.99 Å². The molecule has 0 unspecified atom stereocenters. The zero-order valence-corrected chi connectivity index (χ0v) is 10.4. The molecule has 0 aliphatic heterocycles. The Labute approximate surface area is 109 Å². The van der Waals surface area contributed by atoms with Gasteiger partial charge in [0, 0.05) is 11.9 Å². The van der Waals surface area contributed by atoms with Crippen LogP contribution in [0.5, 0.6) is 0 Å². The van der Waals surface area contributed by atoms with Crippen LogP contribution in [0.25, 0.3) is 0 Å². The SMILES string of the molecule is CC(=O)O.NC(N)=NC(N)=Nc1ccc(Cl)cc1. The number of hydrogen-bond acceptors (Lipinski definition) is 2. The average Bonchev–Trinajstić information content (AvgIpc) is 2.19. The van der Waals surface area contributed by atoms with Crippen molar-refractivity contribution in [3.63, 3.8) is 0 Å². The van der Waals surface area contributed by atoms with E-state index in [1.54, 1.807) is 24.3 Å². The monoisotopic (exact) mass is 271 g/mol. The lowest BCUT2D eigenvalue weighted by Gasteiger charge is -1.95. The predicted octanol–water partition coefficient (Wildman–Crippen LogP) is 0.651. The van der Waals surface area contributed by atoms with Gasteiger partial charge in [0.05, 0.1) is 5.69 Å². The maximum absolute atomic E-state index is 9.00. The van der Waals surface area contributed by atoms with Crippen molar-refractivity contribution in [2.24, 2.45) is 27.2 Å². The summed E-state index contributed by atoms with van der Waals surface area (Å²) in [5.74, 6) is -0.951.